The Labute approximate surface area is 146 Å². The second-order valence-corrected chi connectivity index (χ2v) is 6.82. The molecule has 1 aliphatic rings. The van der Waals surface area contributed by atoms with Gasteiger partial charge in [0.25, 0.3) is 0 Å². The summed E-state index contributed by atoms with van der Waals surface area (Å²) in [7, 11) is 1.84. The second kappa shape index (κ2) is 6.33. The van der Waals surface area contributed by atoms with Crippen LogP contribution < -0.4 is 10.6 Å². The van der Waals surface area contributed by atoms with Gasteiger partial charge in [-0.2, -0.15) is 0 Å². The van der Waals surface area contributed by atoms with E-state index in [1.54, 1.807) is 4.90 Å². The fraction of sp³-hybridized carbons (Fsp3) is 0.300. The number of fused-ring (bicyclic) bond motifs is 1. The largest absolute Gasteiger partial charge is 0.338 e. The molecule has 128 valence electrons. The Balaban J connectivity index is 1.54. The molecule has 0 unspecified atom stereocenters. The lowest BCUT2D eigenvalue weighted by Crippen LogP contribution is -2.32. The van der Waals surface area contributed by atoms with E-state index in [4.69, 9.17) is 5.73 Å². The molecule has 3 N–H and O–H groups in total. The lowest BCUT2D eigenvalue weighted by atomic mass is 10.1. The first-order valence-electron chi connectivity index (χ1n) is 8.70. The van der Waals surface area contributed by atoms with Crippen molar-refractivity contribution < 1.29 is 4.79 Å². The van der Waals surface area contributed by atoms with E-state index in [1.165, 1.54) is 0 Å². The number of aromatic nitrogens is 2. The maximum absolute atomic E-state index is 12.6. The Morgan fingerprint density at radius 2 is 1.92 bits per heavy atom. The van der Waals surface area contributed by atoms with Crippen molar-refractivity contribution in [1.82, 2.24) is 9.97 Å². The van der Waals surface area contributed by atoms with Crippen LogP contribution in [0.15, 0.2) is 48.5 Å². The topological polar surface area (TPSA) is 75.0 Å². The molecule has 0 aliphatic heterocycles. The highest BCUT2D eigenvalue weighted by atomic mass is 16.2. The number of imidazole rings is 1. The highest BCUT2D eigenvalue weighted by Gasteiger charge is 2.30. The minimum atomic E-state index is 0.0510. The minimum absolute atomic E-state index is 0.0510. The van der Waals surface area contributed by atoms with Crippen LogP contribution in [0.4, 0.5) is 5.69 Å². The summed E-state index contributed by atoms with van der Waals surface area (Å²) in [6, 6.07) is 16.1. The van der Waals surface area contributed by atoms with E-state index < -0.39 is 0 Å². The van der Waals surface area contributed by atoms with Crippen molar-refractivity contribution in [3.8, 4) is 11.4 Å². The van der Waals surface area contributed by atoms with Crippen LogP contribution in [0.25, 0.3) is 22.4 Å². The third kappa shape index (κ3) is 3.03. The number of nitrogens with zero attached hydrogens (tertiary/aromatic N) is 2. The van der Waals surface area contributed by atoms with Gasteiger partial charge in [0.05, 0.1) is 11.0 Å². The van der Waals surface area contributed by atoms with Crippen molar-refractivity contribution in [2.24, 2.45) is 11.7 Å². The molecule has 2 aromatic carbocycles. The SMILES string of the molecule is CN(C(=O)[C@@H]1CC[C@H](N)C1)c1ccc(-c2nc3ccccc3[nH]2)cc1. The van der Waals surface area contributed by atoms with Crippen LogP contribution in [-0.2, 0) is 4.79 Å². The predicted octanol–water partition coefficient (Wildman–Crippen LogP) is 3.32. The first-order chi connectivity index (χ1) is 12.1. The highest BCUT2D eigenvalue weighted by Crippen LogP contribution is 2.28. The standard InChI is InChI=1S/C20H22N4O/c1-24(20(25)14-6-9-15(21)12-14)16-10-7-13(8-11-16)19-22-17-4-2-3-5-18(17)23-19/h2-5,7-8,10-11,14-15H,6,9,12,21H2,1H3,(H,22,23)/t14-,15+/m1/s1. The highest BCUT2D eigenvalue weighted by molar-refractivity contribution is 5.95. The van der Waals surface area contributed by atoms with E-state index in [1.807, 2.05) is 55.6 Å². The number of benzene rings is 2. The number of nitrogens with one attached hydrogen (secondary N) is 1. The average Bonchev–Trinajstić information content (AvgIpc) is 3.26. The zero-order valence-electron chi connectivity index (χ0n) is 14.3. The number of hydrogen-bond donors (Lipinski definition) is 2. The summed E-state index contributed by atoms with van der Waals surface area (Å²) >= 11 is 0. The van der Waals surface area contributed by atoms with Gasteiger partial charge in [-0.25, -0.2) is 4.98 Å². The average molecular weight is 334 g/mol. The lowest BCUT2D eigenvalue weighted by Gasteiger charge is -2.21. The van der Waals surface area contributed by atoms with Gasteiger partial charge >= 0.3 is 0 Å². The molecule has 1 aromatic heterocycles. The smallest absolute Gasteiger partial charge is 0.229 e. The molecule has 1 heterocycles. The molecule has 1 fully saturated rings. The quantitative estimate of drug-likeness (QED) is 0.771. The van der Waals surface area contributed by atoms with Crippen LogP contribution in [0.5, 0.6) is 0 Å². The number of anilines is 1. The number of hydrogen-bond acceptors (Lipinski definition) is 3. The second-order valence-electron chi connectivity index (χ2n) is 6.82. The third-order valence-corrected chi connectivity index (χ3v) is 5.07. The van der Waals surface area contributed by atoms with Crippen LogP contribution >= 0.6 is 0 Å². The number of H-pyrrole nitrogens is 1. The summed E-state index contributed by atoms with van der Waals surface area (Å²) in [5.41, 5.74) is 9.80. The summed E-state index contributed by atoms with van der Waals surface area (Å²) < 4.78 is 0. The summed E-state index contributed by atoms with van der Waals surface area (Å²) in [5, 5.41) is 0. The summed E-state index contributed by atoms with van der Waals surface area (Å²) in [4.78, 5) is 22.3. The third-order valence-electron chi connectivity index (χ3n) is 5.07. The van der Waals surface area contributed by atoms with Crippen molar-refractivity contribution in [2.45, 2.75) is 25.3 Å². The maximum atomic E-state index is 12.6. The number of nitrogens with two attached hydrogens (primary N) is 1. The van der Waals surface area contributed by atoms with Crippen LogP contribution in [-0.4, -0.2) is 29.0 Å². The lowest BCUT2D eigenvalue weighted by molar-refractivity contribution is -0.121. The van der Waals surface area contributed by atoms with E-state index in [9.17, 15) is 4.79 Å². The van der Waals surface area contributed by atoms with Crippen LogP contribution in [0.3, 0.4) is 0 Å². The zero-order chi connectivity index (χ0) is 17.4. The van der Waals surface area contributed by atoms with Crippen LogP contribution in [0.2, 0.25) is 0 Å². The number of amides is 1. The van der Waals surface area contributed by atoms with Crippen LogP contribution in [0.1, 0.15) is 19.3 Å². The van der Waals surface area contributed by atoms with Gasteiger partial charge in [-0.1, -0.05) is 12.1 Å². The van der Waals surface area contributed by atoms with Crippen molar-refractivity contribution >= 4 is 22.6 Å². The van der Waals surface area contributed by atoms with Crippen molar-refractivity contribution in [3.63, 3.8) is 0 Å². The Hall–Kier alpha value is -2.66. The number of para-hydroxylation sites is 2. The molecule has 2 atom stereocenters. The van der Waals surface area contributed by atoms with E-state index in [0.29, 0.717) is 0 Å². The molecule has 1 amide bonds. The molecular formula is C20H22N4O. The van der Waals surface area contributed by atoms with Crippen molar-refractivity contribution in [1.29, 1.82) is 0 Å². The Morgan fingerprint density at radius 3 is 2.60 bits per heavy atom. The van der Waals surface area contributed by atoms with E-state index in [-0.39, 0.29) is 17.9 Å². The van der Waals surface area contributed by atoms with Gasteiger partial charge in [-0.05, 0) is 55.7 Å². The van der Waals surface area contributed by atoms with Crippen molar-refractivity contribution in [2.75, 3.05) is 11.9 Å². The molecule has 1 aliphatic carbocycles. The van der Waals surface area contributed by atoms with Gasteiger partial charge < -0.3 is 15.6 Å². The van der Waals surface area contributed by atoms with Gasteiger partial charge in [0.1, 0.15) is 5.82 Å². The molecular weight excluding hydrogens is 312 g/mol. The molecule has 5 heteroatoms. The van der Waals surface area contributed by atoms with Gasteiger partial charge in [-0.3, -0.25) is 4.79 Å². The molecule has 0 saturated heterocycles. The molecule has 3 aromatic rings. The number of carbonyl (C=O) groups is 1. The maximum Gasteiger partial charge on any atom is 0.229 e. The Kier molecular flexibility index (Phi) is 4.01. The Morgan fingerprint density at radius 1 is 1.16 bits per heavy atom. The number of aromatic amines is 1. The van der Waals surface area contributed by atoms with Gasteiger partial charge in [-0.15, -0.1) is 0 Å². The zero-order valence-corrected chi connectivity index (χ0v) is 14.3. The van der Waals surface area contributed by atoms with Gasteiger partial charge in [0, 0.05) is 30.3 Å². The fourth-order valence-corrected chi connectivity index (χ4v) is 3.57. The van der Waals surface area contributed by atoms with Crippen molar-refractivity contribution in [3.05, 3.63) is 48.5 Å². The molecule has 5 nitrogen and oxygen atoms in total. The monoisotopic (exact) mass is 334 g/mol. The van der Waals surface area contributed by atoms with E-state index in [2.05, 4.69) is 9.97 Å². The molecule has 1 saturated carbocycles. The van der Waals surface area contributed by atoms with Gasteiger partial charge in [0.15, 0.2) is 0 Å². The fourth-order valence-electron chi connectivity index (χ4n) is 3.57. The molecule has 25 heavy (non-hydrogen) atoms. The first-order valence-corrected chi connectivity index (χ1v) is 8.70. The van der Waals surface area contributed by atoms with E-state index in [0.717, 1.165) is 47.4 Å². The molecule has 0 spiro atoms. The number of carbonyl (C=O) groups excluding carboxylic acids is 1. The molecule has 0 radical (unpaired) electrons. The molecule has 4 rings (SSSR count). The predicted molar refractivity (Wildman–Crippen MR) is 100 cm³/mol. The Bertz CT molecular complexity index is 866. The van der Waals surface area contributed by atoms with E-state index >= 15 is 0 Å². The minimum Gasteiger partial charge on any atom is -0.338 e. The number of rotatable bonds is 3. The summed E-state index contributed by atoms with van der Waals surface area (Å²) in [6.07, 6.45) is 2.62. The first kappa shape index (κ1) is 15.8. The normalized spacial score (nSPS) is 20.1. The van der Waals surface area contributed by atoms with Gasteiger partial charge in [0.2, 0.25) is 5.91 Å². The van der Waals surface area contributed by atoms with Crippen LogP contribution in [0, 0.1) is 5.92 Å². The summed E-state index contributed by atoms with van der Waals surface area (Å²) in [6.45, 7) is 0. The molecule has 0 bridgehead atoms. The summed E-state index contributed by atoms with van der Waals surface area (Å²) in [5.74, 6) is 1.04.